The highest BCUT2D eigenvalue weighted by molar-refractivity contribution is 6.02. The largest absolute Gasteiger partial charge is 0.489 e. The number of aryl methyl sites for hydroxylation is 2. The molecule has 27 heavy (non-hydrogen) atoms. The van der Waals surface area contributed by atoms with Gasteiger partial charge in [-0.25, -0.2) is 4.98 Å². The Labute approximate surface area is 159 Å². The fourth-order valence-corrected chi connectivity index (χ4v) is 3.50. The summed E-state index contributed by atoms with van der Waals surface area (Å²) < 4.78 is 8.34. The van der Waals surface area contributed by atoms with Crippen LogP contribution in [0.3, 0.4) is 0 Å². The van der Waals surface area contributed by atoms with Crippen molar-refractivity contribution in [3.63, 3.8) is 0 Å². The second-order valence-corrected chi connectivity index (χ2v) is 6.83. The molecule has 0 radical (unpaired) electrons. The Bertz CT molecular complexity index is 1050. The number of benzene rings is 2. The number of rotatable bonds is 7. The van der Waals surface area contributed by atoms with Crippen LogP contribution >= 0.6 is 0 Å². The molecule has 0 saturated heterocycles. The summed E-state index contributed by atoms with van der Waals surface area (Å²) in [7, 11) is 0. The van der Waals surface area contributed by atoms with Crippen LogP contribution in [0.5, 0.6) is 5.75 Å². The van der Waals surface area contributed by atoms with Gasteiger partial charge >= 0.3 is 0 Å². The summed E-state index contributed by atoms with van der Waals surface area (Å²) in [6.07, 6.45) is 5.14. The monoisotopic (exact) mass is 359 g/mol. The third-order valence-electron chi connectivity index (χ3n) is 4.92. The molecule has 0 unspecified atom stereocenters. The van der Waals surface area contributed by atoms with E-state index in [1.165, 1.54) is 11.9 Å². The van der Waals surface area contributed by atoms with Crippen molar-refractivity contribution < 1.29 is 4.74 Å². The zero-order valence-corrected chi connectivity index (χ0v) is 16.0. The molecule has 0 aliphatic heterocycles. The molecule has 2 aromatic heterocycles. The first-order valence-corrected chi connectivity index (χ1v) is 9.74. The fourth-order valence-electron chi connectivity index (χ4n) is 3.50. The van der Waals surface area contributed by atoms with Crippen molar-refractivity contribution in [3.8, 4) is 5.75 Å². The maximum Gasteiger partial charge on any atom is 0.122 e. The SMILES string of the molecule is CCCCn1c(CC)nc2cnc3cc(OCc4ccccc4)ccc3c21. The molecule has 0 saturated carbocycles. The van der Waals surface area contributed by atoms with Gasteiger partial charge in [-0.15, -0.1) is 0 Å². The summed E-state index contributed by atoms with van der Waals surface area (Å²) >= 11 is 0. The smallest absolute Gasteiger partial charge is 0.122 e. The lowest BCUT2D eigenvalue weighted by Gasteiger charge is -2.10. The number of aromatic nitrogens is 3. The molecule has 0 atom stereocenters. The van der Waals surface area contributed by atoms with E-state index in [2.05, 4.69) is 41.6 Å². The summed E-state index contributed by atoms with van der Waals surface area (Å²) in [4.78, 5) is 9.44. The number of ether oxygens (including phenoxy) is 1. The first-order valence-electron chi connectivity index (χ1n) is 9.74. The molecule has 4 aromatic rings. The highest BCUT2D eigenvalue weighted by atomic mass is 16.5. The molecular weight excluding hydrogens is 334 g/mol. The van der Waals surface area contributed by atoms with Crippen molar-refractivity contribution in [1.82, 2.24) is 14.5 Å². The van der Waals surface area contributed by atoms with Gasteiger partial charge in [-0.3, -0.25) is 4.98 Å². The van der Waals surface area contributed by atoms with Crippen molar-refractivity contribution in [1.29, 1.82) is 0 Å². The first kappa shape index (κ1) is 17.5. The number of fused-ring (bicyclic) bond motifs is 3. The van der Waals surface area contributed by atoms with Crippen LogP contribution in [-0.2, 0) is 19.6 Å². The van der Waals surface area contributed by atoms with Crippen LogP contribution in [-0.4, -0.2) is 14.5 Å². The Balaban J connectivity index is 1.70. The molecule has 0 bridgehead atoms. The van der Waals surface area contributed by atoms with Crippen LogP contribution in [0, 0.1) is 0 Å². The van der Waals surface area contributed by atoms with E-state index in [1.807, 2.05) is 36.5 Å². The minimum Gasteiger partial charge on any atom is -0.489 e. The van der Waals surface area contributed by atoms with Crippen LogP contribution in [0.1, 0.15) is 38.1 Å². The van der Waals surface area contributed by atoms with E-state index in [0.29, 0.717) is 6.61 Å². The zero-order chi connectivity index (χ0) is 18.6. The van der Waals surface area contributed by atoms with E-state index in [1.54, 1.807) is 0 Å². The fraction of sp³-hybridized carbons (Fsp3) is 0.304. The van der Waals surface area contributed by atoms with E-state index in [4.69, 9.17) is 9.72 Å². The van der Waals surface area contributed by atoms with Crippen LogP contribution in [0.2, 0.25) is 0 Å². The first-order chi connectivity index (χ1) is 13.3. The molecule has 138 valence electrons. The van der Waals surface area contributed by atoms with Gasteiger partial charge < -0.3 is 9.30 Å². The van der Waals surface area contributed by atoms with Crippen molar-refractivity contribution >= 4 is 21.9 Å². The average Bonchev–Trinajstić information content (AvgIpc) is 3.09. The summed E-state index contributed by atoms with van der Waals surface area (Å²) in [5.74, 6) is 1.98. The maximum atomic E-state index is 5.97. The van der Waals surface area contributed by atoms with Crippen molar-refractivity contribution in [3.05, 3.63) is 66.1 Å². The number of pyridine rings is 1. The Morgan fingerprint density at radius 3 is 2.63 bits per heavy atom. The molecule has 4 nitrogen and oxygen atoms in total. The molecule has 0 spiro atoms. The van der Waals surface area contributed by atoms with Gasteiger partial charge in [-0.2, -0.15) is 0 Å². The van der Waals surface area contributed by atoms with E-state index >= 15 is 0 Å². The molecule has 4 rings (SSSR count). The predicted octanol–water partition coefficient (Wildman–Crippen LogP) is 5.53. The van der Waals surface area contributed by atoms with E-state index < -0.39 is 0 Å². The molecule has 4 heteroatoms. The number of hydrogen-bond donors (Lipinski definition) is 0. The third kappa shape index (κ3) is 3.52. The van der Waals surface area contributed by atoms with Gasteiger partial charge in [0.05, 0.1) is 17.2 Å². The molecule has 0 N–H and O–H groups in total. The summed E-state index contributed by atoms with van der Waals surface area (Å²) in [6.45, 7) is 5.94. The number of nitrogens with zero attached hydrogens (tertiary/aromatic N) is 3. The second-order valence-electron chi connectivity index (χ2n) is 6.83. The summed E-state index contributed by atoms with van der Waals surface area (Å²) in [6, 6.07) is 16.4. The van der Waals surface area contributed by atoms with Gasteiger partial charge in [-0.1, -0.05) is 50.6 Å². The van der Waals surface area contributed by atoms with Gasteiger partial charge in [-0.05, 0) is 24.1 Å². The Hall–Kier alpha value is -2.88. The van der Waals surface area contributed by atoms with Crippen molar-refractivity contribution in [2.45, 2.75) is 46.3 Å². The molecule has 2 heterocycles. The zero-order valence-electron chi connectivity index (χ0n) is 16.0. The standard InChI is InChI=1S/C23H25N3O/c1-3-5-13-26-22(4-2)25-21-15-24-20-14-18(11-12-19(20)23(21)26)27-16-17-9-7-6-8-10-17/h6-12,14-15H,3-5,13,16H2,1-2H3. The quantitative estimate of drug-likeness (QED) is 0.436. The summed E-state index contributed by atoms with van der Waals surface area (Å²) in [5, 5.41) is 1.14. The van der Waals surface area contributed by atoms with Crippen molar-refractivity contribution in [2.24, 2.45) is 0 Å². The van der Waals surface area contributed by atoms with Gasteiger partial charge in [0.2, 0.25) is 0 Å². The van der Waals surface area contributed by atoms with Gasteiger partial charge in [0, 0.05) is 24.4 Å². The van der Waals surface area contributed by atoms with Crippen molar-refractivity contribution in [2.75, 3.05) is 0 Å². The number of imidazole rings is 1. The minimum absolute atomic E-state index is 0.559. The Morgan fingerprint density at radius 1 is 1.00 bits per heavy atom. The Morgan fingerprint density at radius 2 is 1.85 bits per heavy atom. The van der Waals surface area contributed by atoms with Gasteiger partial charge in [0.1, 0.15) is 23.7 Å². The van der Waals surface area contributed by atoms with Gasteiger partial charge in [0.25, 0.3) is 0 Å². The van der Waals surface area contributed by atoms with E-state index in [0.717, 1.165) is 52.9 Å². The lowest BCUT2D eigenvalue weighted by Crippen LogP contribution is -2.03. The van der Waals surface area contributed by atoms with Crippen LogP contribution in [0.25, 0.3) is 21.9 Å². The average molecular weight is 359 g/mol. The molecule has 0 amide bonds. The van der Waals surface area contributed by atoms with Crippen LogP contribution < -0.4 is 4.74 Å². The number of hydrogen-bond acceptors (Lipinski definition) is 3. The molecular formula is C23H25N3O. The maximum absolute atomic E-state index is 5.97. The molecule has 0 aliphatic carbocycles. The molecule has 2 aromatic carbocycles. The lowest BCUT2D eigenvalue weighted by atomic mass is 10.1. The normalized spacial score (nSPS) is 11.3. The van der Waals surface area contributed by atoms with Crippen LogP contribution in [0.4, 0.5) is 0 Å². The molecule has 0 fully saturated rings. The van der Waals surface area contributed by atoms with E-state index in [-0.39, 0.29) is 0 Å². The van der Waals surface area contributed by atoms with Gasteiger partial charge in [0.15, 0.2) is 0 Å². The van der Waals surface area contributed by atoms with Crippen LogP contribution in [0.15, 0.2) is 54.7 Å². The third-order valence-corrected chi connectivity index (χ3v) is 4.92. The van der Waals surface area contributed by atoms with E-state index in [9.17, 15) is 0 Å². The summed E-state index contributed by atoms with van der Waals surface area (Å²) in [5.41, 5.74) is 4.29. The highest BCUT2D eigenvalue weighted by Crippen LogP contribution is 2.28. The Kier molecular flexibility index (Phi) is 5.05. The lowest BCUT2D eigenvalue weighted by molar-refractivity contribution is 0.306. The molecule has 0 aliphatic rings. The predicted molar refractivity (Wildman–Crippen MR) is 110 cm³/mol. The number of unbranched alkanes of at least 4 members (excludes halogenated alkanes) is 1. The minimum atomic E-state index is 0.559. The topological polar surface area (TPSA) is 39.9 Å². The highest BCUT2D eigenvalue weighted by Gasteiger charge is 2.13. The second kappa shape index (κ2) is 7.78.